The minimum absolute atomic E-state index is 0.0182. The van der Waals surface area contributed by atoms with Crippen molar-refractivity contribution < 1.29 is 4.79 Å². The topological polar surface area (TPSA) is 29.1 Å². The average Bonchev–Trinajstić information content (AvgIpc) is 2.77. The van der Waals surface area contributed by atoms with Crippen LogP contribution < -0.4 is 5.32 Å². The molecule has 2 heteroatoms. The van der Waals surface area contributed by atoms with Crippen LogP contribution in [0.1, 0.15) is 71.6 Å². The van der Waals surface area contributed by atoms with Crippen molar-refractivity contribution in [1.29, 1.82) is 0 Å². The summed E-state index contributed by atoms with van der Waals surface area (Å²) in [7, 11) is 0. The molecule has 1 heterocycles. The van der Waals surface area contributed by atoms with Crippen LogP contribution in [-0.4, -0.2) is 11.4 Å². The van der Waals surface area contributed by atoms with E-state index < -0.39 is 0 Å². The van der Waals surface area contributed by atoms with E-state index in [0.717, 1.165) is 6.42 Å². The van der Waals surface area contributed by atoms with Crippen molar-refractivity contribution in [2.24, 2.45) is 10.8 Å². The molecule has 0 radical (unpaired) electrons. The number of amides is 1. The van der Waals surface area contributed by atoms with Crippen LogP contribution in [0.25, 0.3) is 0 Å². The number of hydrogen-bond acceptors (Lipinski definition) is 1. The fourth-order valence-corrected chi connectivity index (χ4v) is 4.74. The fraction of sp³-hybridized carbons (Fsp3) is 0.933. The molecule has 0 unspecified atom stereocenters. The zero-order valence-electron chi connectivity index (χ0n) is 11.3. The Bertz CT molecular complexity index is 329. The molecule has 1 amide bonds. The van der Waals surface area contributed by atoms with Crippen LogP contribution in [0.15, 0.2) is 0 Å². The predicted molar refractivity (Wildman–Crippen MR) is 68.6 cm³/mol. The third-order valence-electron chi connectivity index (χ3n) is 6.21. The fourth-order valence-electron chi connectivity index (χ4n) is 4.74. The summed E-state index contributed by atoms with van der Waals surface area (Å²) in [5.74, 6) is 0.275. The van der Waals surface area contributed by atoms with Gasteiger partial charge in [0, 0.05) is 17.4 Å². The van der Waals surface area contributed by atoms with Gasteiger partial charge in [0.2, 0.25) is 5.91 Å². The maximum absolute atomic E-state index is 11.7. The van der Waals surface area contributed by atoms with Gasteiger partial charge in [-0.3, -0.25) is 4.79 Å². The van der Waals surface area contributed by atoms with Crippen molar-refractivity contribution in [2.75, 3.05) is 0 Å². The first-order valence-corrected chi connectivity index (χ1v) is 7.28. The lowest BCUT2D eigenvalue weighted by Gasteiger charge is -2.48. The Balaban J connectivity index is 1.77. The quantitative estimate of drug-likeness (QED) is 0.685. The molecular formula is C15H25NO. The Morgan fingerprint density at radius 3 is 2.00 bits per heavy atom. The van der Waals surface area contributed by atoms with Gasteiger partial charge in [-0.2, -0.15) is 0 Å². The number of carbonyl (C=O) groups is 1. The molecule has 0 aromatic carbocycles. The largest absolute Gasteiger partial charge is 0.351 e. The van der Waals surface area contributed by atoms with Gasteiger partial charge >= 0.3 is 0 Å². The Hall–Kier alpha value is -0.530. The molecule has 0 atom stereocenters. The molecule has 1 saturated heterocycles. The molecular weight excluding hydrogens is 210 g/mol. The highest BCUT2D eigenvalue weighted by molar-refractivity contribution is 5.80. The van der Waals surface area contributed by atoms with Gasteiger partial charge in [0.15, 0.2) is 0 Å². The third kappa shape index (κ3) is 1.63. The lowest BCUT2D eigenvalue weighted by Crippen LogP contribution is -2.49. The summed E-state index contributed by atoms with van der Waals surface area (Å²) >= 11 is 0. The van der Waals surface area contributed by atoms with Gasteiger partial charge < -0.3 is 5.32 Å². The molecule has 3 fully saturated rings. The SMILES string of the molecule is CC1(C)NC(=O)CC12CCC1(CCCC1)CC2. The highest BCUT2D eigenvalue weighted by Gasteiger charge is 2.55. The van der Waals surface area contributed by atoms with Crippen LogP contribution in [0, 0.1) is 10.8 Å². The van der Waals surface area contributed by atoms with E-state index in [9.17, 15) is 4.79 Å². The van der Waals surface area contributed by atoms with Gasteiger partial charge in [0.1, 0.15) is 0 Å². The Kier molecular flexibility index (Phi) is 2.37. The van der Waals surface area contributed by atoms with E-state index in [1.165, 1.54) is 51.4 Å². The molecule has 1 N–H and O–H groups in total. The minimum atomic E-state index is 0.0182. The average molecular weight is 235 g/mol. The van der Waals surface area contributed by atoms with E-state index in [-0.39, 0.29) is 16.9 Å². The van der Waals surface area contributed by atoms with E-state index in [2.05, 4.69) is 19.2 Å². The summed E-state index contributed by atoms with van der Waals surface area (Å²) in [6.45, 7) is 4.45. The van der Waals surface area contributed by atoms with Gasteiger partial charge in [-0.15, -0.1) is 0 Å². The van der Waals surface area contributed by atoms with Crippen molar-refractivity contribution >= 4 is 5.91 Å². The van der Waals surface area contributed by atoms with Crippen molar-refractivity contribution in [3.05, 3.63) is 0 Å². The molecule has 2 saturated carbocycles. The molecule has 2 spiro atoms. The molecule has 0 bridgehead atoms. The van der Waals surface area contributed by atoms with Crippen LogP contribution in [0.2, 0.25) is 0 Å². The van der Waals surface area contributed by atoms with Crippen LogP contribution in [-0.2, 0) is 4.79 Å². The number of nitrogens with one attached hydrogen (secondary N) is 1. The smallest absolute Gasteiger partial charge is 0.221 e. The van der Waals surface area contributed by atoms with E-state index >= 15 is 0 Å². The lowest BCUT2D eigenvalue weighted by atomic mass is 9.57. The van der Waals surface area contributed by atoms with E-state index in [4.69, 9.17) is 0 Å². The first kappa shape index (κ1) is 11.6. The standard InChI is InChI=1S/C15H25NO/c1-13(2)15(11-12(17)16-13)9-7-14(8-10-15)5-3-4-6-14/h3-11H2,1-2H3,(H,16,17). The van der Waals surface area contributed by atoms with Crippen molar-refractivity contribution in [1.82, 2.24) is 5.32 Å². The first-order chi connectivity index (χ1) is 7.97. The second-order valence-corrected chi connectivity index (χ2v) is 7.34. The van der Waals surface area contributed by atoms with Crippen LogP contribution in [0.4, 0.5) is 0 Å². The molecule has 96 valence electrons. The summed E-state index contributed by atoms with van der Waals surface area (Å²) in [6, 6.07) is 0. The normalized spacial score (nSPS) is 33.2. The predicted octanol–water partition coefficient (Wildman–Crippen LogP) is 3.41. The highest BCUT2D eigenvalue weighted by atomic mass is 16.2. The van der Waals surface area contributed by atoms with Crippen LogP contribution in [0.5, 0.6) is 0 Å². The van der Waals surface area contributed by atoms with Gasteiger partial charge in [-0.05, 0) is 57.8 Å². The van der Waals surface area contributed by atoms with Crippen molar-refractivity contribution in [3.63, 3.8) is 0 Å². The molecule has 3 rings (SSSR count). The Morgan fingerprint density at radius 2 is 1.53 bits per heavy atom. The van der Waals surface area contributed by atoms with Crippen molar-refractivity contribution in [3.8, 4) is 0 Å². The molecule has 3 aliphatic rings. The zero-order chi connectivity index (χ0) is 12.1. The van der Waals surface area contributed by atoms with Gasteiger partial charge in [0.05, 0.1) is 0 Å². The summed E-state index contributed by atoms with van der Waals surface area (Å²) in [5.41, 5.74) is 0.954. The third-order valence-corrected chi connectivity index (χ3v) is 6.21. The maximum atomic E-state index is 11.7. The van der Waals surface area contributed by atoms with E-state index in [1.54, 1.807) is 0 Å². The highest BCUT2D eigenvalue weighted by Crippen LogP contribution is 2.59. The second kappa shape index (κ2) is 3.49. The van der Waals surface area contributed by atoms with E-state index in [0.29, 0.717) is 5.41 Å². The number of hydrogen-bond donors (Lipinski definition) is 1. The molecule has 2 nitrogen and oxygen atoms in total. The van der Waals surface area contributed by atoms with Gasteiger partial charge in [-0.25, -0.2) is 0 Å². The zero-order valence-corrected chi connectivity index (χ0v) is 11.3. The number of carbonyl (C=O) groups excluding carboxylic acids is 1. The molecule has 1 aliphatic heterocycles. The summed E-state index contributed by atoms with van der Waals surface area (Å²) in [6.07, 6.45) is 11.8. The van der Waals surface area contributed by atoms with Crippen LogP contribution >= 0.6 is 0 Å². The van der Waals surface area contributed by atoms with Crippen molar-refractivity contribution in [2.45, 2.75) is 77.2 Å². The summed E-state index contributed by atoms with van der Waals surface area (Å²) in [5, 5.41) is 3.19. The van der Waals surface area contributed by atoms with Crippen LogP contribution in [0.3, 0.4) is 0 Å². The number of rotatable bonds is 0. The Morgan fingerprint density at radius 1 is 0.941 bits per heavy atom. The van der Waals surface area contributed by atoms with E-state index in [1.807, 2.05) is 0 Å². The molecule has 0 aromatic heterocycles. The molecule has 2 aliphatic carbocycles. The maximum Gasteiger partial charge on any atom is 0.221 e. The monoisotopic (exact) mass is 235 g/mol. The second-order valence-electron chi connectivity index (χ2n) is 7.34. The van der Waals surface area contributed by atoms with Gasteiger partial charge in [-0.1, -0.05) is 12.8 Å². The molecule has 17 heavy (non-hydrogen) atoms. The lowest BCUT2D eigenvalue weighted by molar-refractivity contribution is -0.120. The molecule has 0 aromatic rings. The first-order valence-electron chi connectivity index (χ1n) is 7.28. The summed E-state index contributed by atoms with van der Waals surface area (Å²) in [4.78, 5) is 11.7. The minimum Gasteiger partial charge on any atom is -0.351 e. The Labute approximate surface area is 105 Å². The van der Waals surface area contributed by atoms with Gasteiger partial charge in [0.25, 0.3) is 0 Å². The summed E-state index contributed by atoms with van der Waals surface area (Å²) < 4.78 is 0.